The molecule has 0 aliphatic heterocycles. The zero-order chi connectivity index (χ0) is 16.2. The Morgan fingerprint density at radius 3 is 2.43 bits per heavy atom. The van der Waals surface area contributed by atoms with E-state index in [0.717, 1.165) is 17.5 Å². The molecular formula is C16H21N3O2. The van der Waals surface area contributed by atoms with Crippen LogP contribution in [-0.2, 0) is 4.79 Å². The number of carbonyl (C=O) groups excluding carboxylic acids is 1. The summed E-state index contributed by atoms with van der Waals surface area (Å²) in [7, 11) is 1.66. The molecule has 112 valence electrons. The summed E-state index contributed by atoms with van der Waals surface area (Å²) in [6.45, 7) is 14.1. The lowest BCUT2D eigenvalue weighted by Gasteiger charge is -2.26. The summed E-state index contributed by atoms with van der Waals surface area (Å²) in [5, 5.41) is 13.2. The molecule has 1 aromatic rings. The molecule has 2 N–H and O–H groups in total. The second-order valence-corrected chi connectivity index (χ2v) is 5.53. The number of hydrogen-bond donors (Lipinski definition) is 2. The van der Waals surface area contributed by atoms with Gasteiger partial charge in [-0.25, -0.2) is 4.85 Å². The van der Waals surface area contributed by atoms with Crippen molar-refractivity contribution in [1.29, 1.82) is 0 Å². The summed E-state index contributed by atoms with van der Waals surface area (Å²) < 4.78 is 0. The van der Waals surface area contributed by atoms with E-state index in [2.05, 4.69) is 10.2 Å². The standard InChI is InChI=1S/C16H21N3O2/c1-11-7-13(14(8-12(11)2)19(6)10-20)18-15(9-17-5)16(3,4)21/h7-10,18,21H,1-4,6H3. The lowest BCUT2D eigenvalue weighted by Crippen LogP contribution is -2.28. The Bertz CT molecular complexity index is 607. The van der Waals surface area contributed by atoms with Gasteiger partial charge in [0.1, 0.15) is 0 Å². The summed E-state index contributed by atoms with van der Waals surface area (Å²) in [5.41, 5.74) is 2.67. The van der Waals surface area contributed by atoms with E-state index in [1.54, 1.807) is 20.9 Å². The van der Waals surface area contributed by atoms with Gasteiger partial charge in [-0.3, -0.25) is 4.79 Å². The van der Waals surface area contributed by atoms with Crippen LogP contribution in [0.1, 0.15) is 25.0 Å². The molecule has 0 aliphatic rings. The van der Waals surface area contributed by atoms with E-state index in [1.165, 1.54) is 11.1 Å². The van der Waals surface area contributed by atoms with Crippen molar-refractivity contribution in [1.82, 2.24) is 0 Å². The van der Waals surface area contributed by atoms with Crippen molar-refractivity contribution in [3.05, 3.63) is 46.6 Å². The van der Waals surface area contributed by atoms with Crippen LogP contribution in [0.2, 0.25) is 0 Å². The van der Waals surface area contributed by atoms with Gasteiger partial charge in [0.05, 0.1) is 23.5 Å². The first-order valence-corrected chi connectivity index (χ1v) is 6.56. The highest BCUT2D eigenvalue weighted by atomic mass is 16.3. The highest BCUT2D eigenvalue weighted by Crippen LogP contribution is 2.31. The van der Waals surface area contributed by atoms with Crippen LogP contribution >= 0.6 is 0 Å². The van der Waals surface area contributed by atoms with Crippen LogP contribution in [0.3, 0.4) is 0 Å². The Labute approximate surface area is 125 Å². The number of aryl methyl sites for hydroxylation is 2. The SMILES string of the molecule is [C-]#[N+]C=C(Nc1cc(C)c(C)cc1N(C)C=O)C(C)(C)O. The number of aliphatic hydroxyl groups is 1. The molecule has 5 heteroatoms. The molecule has 0 aliphatic carbocycles. The van der Waals surface area contributed by atoms with Crippen molar-refractivity contribution in [2.45, 2.75) is 33.3 Å². The largest absolute Gasteiger partial charge is 0.386 e. The molecule has 0 fully saturated rings. The molecule has 0 aromatic heterocycles. The normalized spacial score (nSPS) is 11.8. The summed E-state index contributed by atoms with van der Waals surface area (Å²) in [5.74, 6) is 0. The first-order chi connectivity index (χ1) is 9.70. The zero-order valence-corrected chi connectivity index (χ0v) is 13.1. The Morgan fingerprint density at radius 1 is 1.38 bits per heavy atom. The van der Waals surface area contributed by atoms with Gasteiger partial charge in [0.15, 0.2) is 6.20 Å². The van der Waals surface area contributed by atoms with Crippen LogP contribution in [0.25, 0.3) is 4.85 Å². The minimum atomic E-state index is -1.18. The molecule has 0 saturated heterocycles. The molecular weight excluding hydrogens is 266 g/mol. The summed E-state index contributed by atoms with van der Waals surface area (Å²) in [4.78, 5) is 15.7. The molecule has 0 heterocycles. The number of benzene rings is 1. The first-order valence-electron chi connectivity index (χ1n) is 6.56. The molecule has 1 aromatic carbocycles. The van der Waals surface area contributed by atoms with Gasteiger partial charge in [-0.15, -0.1) is 0 Å². The van der Waals surface area contributed by atoms with Gasteiger partial charge in [0.25, 0.3) is 0 Å². The van der Waals surface area contributed by atoms with E-state index in [-0.39, 0.29) is 0 Å². The molecule has 5 nitrogen and oxygen atoms in total. The van der Waals surface area contributed by atoms with Gasteiger partial charge >= 0.3 is 0 Å². The number of nitrogens with zero attached hydrogens (tertiary/aromatic N) is 2. The maximum absolute atomic E-state index is 11.0. The smallest absolute Gasteiger partial charge is 0.213 e. The molecule has 0 atom stereocenters. The van der Waals surface area contributed by atoms with Gasteiger partial charge in [0, 0.05) is 12.7 Å². The summed E-state index contributed by atoms with van der Waals surface area (Å²) >= 11 is 0. The van der Waals surface area contributed by atoms with Gasteiger partial charge in [-0.2, -0.15) is 0 Å². The van der Waals surface area contributed by atoms with Gasteiger partial charge in [-0.05, 0) is 51.0 Å². The molecule has 1 amide bonds. The van der Waals surface area contributed by atoms with Gasteiger partial charge < -0.3 is 15.3 Å². The number of hydrogen-bond acceptors (Lipinski definition) is 3. The summed E-state index contributed by atoms with van der Waals surface area (Å²) in [6.07, 6.45) is 1.97. The monoisotopic (exact) mass is 287 g/mol. The third kappa shape index (κ3) is 4.07. The Kier molecular flexibility index (Phi) is 5.12. The maximum atomic E-state index is 11.0. The molecule has 0 radical (unpaired) electrons. The highest BCUT2D eigenvalue weighted by Gasteiger charge is 2.21. The molecule has 1 rings (SSSR count). The van der Waals surface area contributed by atoms with Crippen LogP contribution in [0.5, 0.6) is 0 Å². The fourth-order valence-electron chi connectivity index (χ4n) is 1.80. The fraction of sp³-hybridized carbons (Fsp3) is 0.375. The Morgan fingerprint density at radius 2 is 1.95 bits per heavy atom. The first kappa shape index (κ1) is 16.7. The van der Waals surface area contributed by atoms with Crippen molar-refractivity contribution in [3.8, 4) is 0 Å². The van der Waals surface area contributed by atoms with Crippen LogP contribution in [0, 0.1) is 20.4 Å². The van der Waals surface area contributed by atoms with E-state index in [1.807, 2.05) is 26.0 Å². The average Bonchev–Trinajstić information content (AvgIpc) is 2.40. The average molecular weight is 287 g/mol. The molecule has 21 heavy (non-hydrogen) atoms. The van der Waals surface area contributed by atoms with E-state index in [4.69, 9.17) is 6.57 Å². The van der Waals surface area contributed by atoms with Crippen LogP contribution < -0.4 is 10.2 Å². The van der Waals surface area contributed by atoms with Gasteiger partial charge in [0.2, 0.25) is 6.41 Å². The maximum Gasteiger partial charge on any atom is 0.213 e. The van der Waals surface area contributed by atoms with Crippen LogP contribution in [0.15, 0.2) is 24.0 Å². The van der Waals surface area contributed by atoms with E-state index in [9.17, 15) is 9.90 Å². The number of nitrogens with one attached hydrogen (secondary N) is 1. The van der Waals surface area contributed by atoms with Crippen molar-refractivity contribution >= 4 is 17.8 Å². The molecule has 0 bridgehead atoms. The van der Waals surface area contributed by atoms with E-state index in [0.29, 0.717) is 17.1 Å². The molecule has 0 spiro atoms. The third-order valence-electron chi connectivity index (χ3n) is 3.27. The number of rotatable bonds is 5. The Balaban J connectivity index is 3.36. The van der Waals surface area contributed by atoms with Crippen LogP contribution in [0.4, 0.5) is 11.4 Å². The molecule has 0 unspecified atom stereocenters. The minimum Gasteiger partial charge on any atom is -0.386 e. The van der Waals surface area contributed by atoms with Crippen molar-refractivity contribution < 1.29 is 9.90 Å². The molecule has 0 saturated carbocycles. The van der Waals surface area contributed by atoms with Gasteiger partial charge in [-0.1, -0.05) is 0 Å². The fourth-order valence-corrected chi connectivity index (χ4v) is 1.80. The predicted molar refractivity (Wildman–Crippen MR) is 85.0 cm³/mol. The lowest BCUT2D eigenvalue weighted by molar-refractivity contribution is -0.107. The third-order valence-corrected chi connectivity index (χ3v) is 3.27. The zero-order valence-electron chi connectivity index (χ0n) is 13.1. The van der Waals surface area contributed by atoms with E-state index >= 15 is 0 Å². The second-order valence-electron chi connectivity index (χ2n) is 5.53. The van der Waals surface area contributed by atoms with Crippen molar-refractivity contribution in [3.63, 3.8) is 0 Å². The number of carbonyl (C=O) groups is 1. The summed E-state index contributed by atoms with van der Waals surface area (Å²) in [6, 6.07) is 3.79. The Hall–Kier alpha value is -2.32. The lowest BCUT2D eigenvalue weighted by atomic mass is 10.0. The van der Waals surface area contributed by atoms with Crippen molar-refractivity contribution in [2.75, 3.05) is 17.3 Å². The second kappa shape index (κ2) is 6.42. The minimum absolute atomic E-state index is 0.376. The number of amides is 1. The number of anilines is 2. The predicted octanol–water partition coefficient (Wildman–Crippen LogP) is 2.84. The topological polar surface area (TPSA) is 56.9 Å². The quantitative estimate of drug-likeness (QED) is 0.647. The van der Waals surface area contributed by atoms with E-state index < -0.39 is 5.60 Å². The van der Waals surface area contributed by atoms with Crippen molar-refractivity contribution in [2.24, 2.45) is 0 Å². The van der Waals surface area contributed by atoms with Crippen LogP contribution in [-0.4, -0.2) is 24.2 Å². The highest BCUT2D eigenvalue weighted by molar-refractivity contribution is 5.84.